The van der Waals surface area contributed by atoms with Crippen molar-refractivity contribution in [2.45, 2.75) is 0 Å². The molecule has 70 valence electrons. The molecule has 0 saturated carbocycles. The Morgan fingerprint density at radius 1 is 1.62 bits per heavy atom. The van der Waals surface area contributed by atoms with Gasteiger partial charge in [-0.15, -0.1) is 11.6 Å². The Morgan fingerprint density at radius 3 is 2.77 bits per heavy atom. The molecule has 0 aliphatic carbocycles. The number of hydrogen-bond donors (Lipinski definition) is 0. The van der Waals surface area contributed by atoms with Gasteiger partial charge >= 0.3 is 0 Å². The Hall–Kier alpha value is 0.320. The molecule has 0 atom stereocenters. The highest BCUT2D eigenvalue weighted by Gasteiger charge is 2.11. The van der Waals surface area contributed by atoms with Crippen molar-refractivity contribution in [3.63, 3.8) is 0 Å². The van der Waals surface area contributed by atoms with E-state index in [2.05, 4.69) is 15.9 Å². The Balaban J connectivity index is 3.23. The first kappa shape index (κ1) is 11.4. The van der Waals surface area contributed by atoms with Gasteiger partial charge in [0.1, 0.15) is 5.82 Å². The molecular weight excluding hydrogens is 373 g/mol. The van der Waals surface area contributed by atoms with Gasteiger partial charge < -0.3 is 0 Å². The Kier molecular flexibility index (Phi) is 4.12. The van der Waals surface area contributed by atoms with Crippen LogP contribution in [-0.2, 0) is 0 Å². The van der Waals surface area contributed by atoms with Crippen LogP contribution in [0.4, 0.5) is 4.39 Å². The molecule has 0 spiro atoms. The predicted octanol–water partition coefficient (Wildman–Crippen LogP) is 3.61. The highest BCUT2D eigenvalue weighted by atomic mass is 127. The van der Waals surface area contributed by atoms with Gasteiger partial charge in [-0.05, 0) is 50.7 Å². The van der Waals surface area contributed by atoms with Gasteiger partial charge in [0.2, 0.25) is 0 Å². The van der Waals surface area contributed by atoms with Crippen LogP contribution in [0.3, 0.4) is 0 Å². The summed E-state index contributed by atoms with van der Waals surface area (Å²) < 4.78 is 13.8. The molecule has 0 saturated heterocycles. The summed E-state index contributed by atoms with van der Waals surface area (Å²) in [5, 5.41) is 0. The van der Waals surface area contributed by atoms with E-state index in [4.69, 9.17) is 11.6 Å². The summed E-state index contributed by atoms with van der Waals surface area (Å²) >= 11 is 10.3. The molecule has 0 fully saturated rings. The molecule has 0 aliphatic rings. The van der Waals surface area contributed by atoms with E-state index in [1.54, 1.807) is 0 Å². The molecule has 0 unspecified atom stereocenters. The summed E-state index contributed by atoms with van der Waals surface area (Å²) in [6, 6.07) is 2.74. The Bertz CT molecular complexity index is 356. The normalized spacial score (nSPS) is 10.2. The Labute approximate surface area is 102 Å². The molecule has 0 radical (unpaired) electrons. The molecule has 0 heterocycles. The molecule has 0 amide bonds. The van der Waals surface area contributed by atoms with E-state index in [1.807, 2.05) is 22.6 Å². The van der Waals surface area contributed by atoms with E-state index in [9.17, 15) is 9.18 Å². The first-order chi connectivity index (χ1) is 6.06. The van der Waals surface area contributed by atoms with Crippen molar-refractivity contribution in [3.05, 3.63) is 31.6 Å². The maximum Gasteiger partial charge on any atom is 0.178 e. The zero-order valence-electron chi connectivity index (χ0n) is 6.28. The van der Waals surface area contributed by atoms with E-state index in [-0.39, 0.29) is 22.0 Å². The lowest BCUT2D eigenvalue weighted by molar-refractivity contribution is 0.102. The highest BCUT2D eigenvalue weighted by molar-refractivity contribution is 14.1. The molecule has 1 aromatic carbocycles. The van der Waals surface area contributed by atoms with Gasteiger partial charge in [0.25, 0.3) is 0 Å². The number of Topliss-reactive ketones (excluding diaryl/α,β-unsaturated/α-hetero) is 1. The number of carbonyl (C=O) groups is 1. The summed E-state index contributed by atoms with van der Waals surface area (Å²) in [6.07, 6.45) is 0. The zero-order chi connectivity index (χ0) is 10.0. The second-order valence-corrected chi connectivity index (χ2v) is 4.59. The van der Waals surface area contributed by atoms with Crippen LogP contribution in [0.15, 0.2) is 16.6 Å². The minimum absolute atomic E-state index is 0.0892. The fourth-order valence-electron chi connectivity index (χ4n) is 0.808. The van der Waals surface area contributed by atoms with Crippen LogP contribution in [0.1, 0.15) is 10.4 Å². The van der Waals surface area contributed by atoms with Crippen LogP contribution in [-0.4, -0.2) is 11.7 Å². The van der Waals surface area contributed by atoms with E-state index in [0.29, 0.717) is 9.13 Å². The number of ketones is 1. The smallest absolute Gasteiger partial charge is 0.178 e. The minimum atomic E-state index is -0.379. The van der Waals surface area contributed by atoms with Gasteiger partial charge in [-0.3, -0.25) is 4.79 Å². The van der Waals surface area contributed by atoms with Crippen molar-refractivity contribution >= 4 is 55.9 Å². The SMILES string of the molecule is O=C(CCl)c1cc(Br)c(F)cc1I. The standard InChI is InChI=1S/C8H4BrClFIO/c9-5-1-4(8(13)3-10)7(12)2-6(5)11/h1-2H,3H2. The summed E-state index contributed by atoms with van der Waals surface area (Å²) in [7, 11) is 0. The van der Waals surface area contributed by atoms with Crippen molar-refractivity contribution in [1.29, 1.82) is 0 Å². The number of benzene rings is 1. The van der Waals surface area contributed by atoms with Crippen molar-refractivity contribution in [2.75, 3.05) is 5.88 Å². The summed E-state index contributed by atoms with van der Waals surface area (Å²) in [5.41, 5.74) is 0.448. The number of rotatable bonds is 2. The van der Waals surface area contributed by atoms with Crippen LogP contribution in [0.5, 0.6) is 0 Å². The molecule has 1 aromatic rings. The molecule has 1 nitrogen and oxygen atoms in total. The lowest BCUT2D eigenvalue weighted by atomic mass is 10.1. The fraction of sp³-hybridized carbons (Fsp3) is 0.125. The van der Waals surface area contributed by atoms with Gasteiger partial charge in [0, 0.05) is 9.13 Å². The molecule has 5 heteroatoms. The Morgan fingerprint density at radius 2 is 2.23 bits per heavy atom. The highest BCUT2D eigenvalue weighted by Crippen LogP contribution is 2.22. The van der Waals surface area contributed by atoms with Crippen molar-refractivity contribution < 1.29 is 9.18 Å². The quantitative estimate of drug-likeness (QED) is 0.333. The number of halogens is 4. The molecule has 0 aliphatic heterocycles. The third-order valence-electron chi connectivity index (χ3n) is 1.43. The van der Waals surface area contributed by atoms with Gasteiger partial charge in [-0.1, -0.05) is 0 Å². The minimum Gasteiger partial charge on any atom is -0.293 e. The zero-order valence-corrected chi connectivity index (χ0v) is 10.8. The first-order valence-electron chi connectivity index (χ1n) is 3.30. The maximum absolute atomic E-state index is 12.9. The van der Waals surface area contributed by atoms with Crippen LogP contribution < -0.4 is 0 Å². The number of carbonyl (C=O) groups excluding carboxylic acids is 1. The number of alkyl halides is 1. The maximum atomic E-state index is 12.9. The number of hydrogen-bond acceptors (Lipinski definition) is 1. The third-order valence-corrected chi connectivity index (χ3v) is 3.17. The van der Waals surface area contributed by atoms with Gasteiger partial charge in [-0.2, -0.15) is 0 Å². The molecule has 13 heavy (non-hydrogen) atoms. The van der Waals surface area contributed by atoms with E-state index < -0.39 is 0 Å². The van der Waals surface area contributed by atoms with Crippen LogP contribution in [0.25, 0.3) is 0 Å². The van der Waals surface area contributed by atoms with Crippen LogP contribution in [0, 0.1) is 9.39 Å². The summed E-state index contributed by atoms with van der Waals surface area (Å²) in [5.74, 6) is -0.670. The predicted molar refractivity (Wildman–Crippen MR) is 61.9 cm³/mol. The van der Waals surface area contributed by atoms with Crippen LogP contribution >= 0.6 is 50.1 Å². The molecule has 0 N–H and O–H groups in total. The topological polar surface area (TPSA) is 17.1 Å². The largest absolute Gasteiger partial charge is 0.293 e. The second kappa shape index (κ2) is 4.70. The van der Waals surface area contributed by atoms with E-state index in [1.165, 1.54) is 12.1 Å². The molecular formula is C8H4BrClFIO. The monoisotopic (exact) mass is 376 g/mol. The third kappa shape index (κ3) is 2.63. The van der Waals surface area contributed by atoms with E-state index in [0.717, 1.165) is 0 Å². The van der Waals surface area contributed by atoms with Crippen molar-refractivity contribution in [1.82, 2.24) is 0 Å². The first-order valence-corrected chi connectivity index (χ1v) is 5.70. The fourth-order valence-corrected chi connectivity index (χ4v) is 2.03. The average molecular weight is 377 g/mol. The van der Waals surface area contributed by atoms with Crippen molar-refractivity contribution in [2.24, 2.45) is 0 Å². The van der Waals surface area contributed by atoms with E-state index >= 15 is 0 Å². The second-order valence-electron chi connectivity index (χ2n) is 2.30. The summed E-state index contributed by atoms with van der Waals surface area (Å²) in [6.45, 7) is 0. The lowest BCUT2D eigenvalue weighted by Crippen LogP contribution is -2.03. The van der Waals surface area contributed by atoms with Gasteiger partial charge in [0.15, 0.2) is 5.78 Å². The van der Waals surface area contributed by atoms with Gasteiger partial charge in [0.05, 0.1) is 10.4 Å². The lowest BCUT2D eigenvalue weighted by Gasteiger charge is -2.02. The molecule has 0 bridgehead atoms. The summed E-state index contributed by atoms with van der Waals surface area (Å²) in [4.78, 5) is 11.2. The van der Waals surface area contributed by atoms with Crippen LogP contribution in [0.2, 0.25) is 0 Å². The van der Waals surface area contributed by atoms with Gasteiger partial charge in [-0.25, -0.2) is 4.39 Å². The average Bonchev–Trinajstić information content (AvgIpc) is 2.10. The van der Waals surface area contributed by atoms with Crippen molar-refractivity contribution in [3.8, 4) is 0 Å². The molecule has 1 rings (SSSR count). The molecule has 0 aromatic heterocycles.